The quantitative estimate of drug-likeness (QED) is 0.726. The summed E-state index contributed by atoms with van der Waals surface area (Å²) in [4.78, 5) is 12.5. The molecule has 4 heteroatoms. The van der Waals surface area contributed by atoms with Gasteiger partial charge in [-0.15, -0.1) is 0 Å². The predicted molar refractivity (Wildman–Crippen MR) is 69.7 cm³/mol. The molecule has 0 bridgehead atoms. The standard InChI is InChI=1S/C13H19N3O/c1-9(2)5-10-6-12(15-8-17)13(16(3)4)7-11(10)14/h5-9,14H,1-4H3,(H,15,17)/b10-5-,14-11?. The summed E-state index contributed by atoms with van der Waals surface area (Å²) in [5.74, 6) is 0.369. The summed E-state index contributed by atoms with van der Waals surface area (Å²) in [6.45, 7) is 4.12. The summed E-state index contributed by atoms with van der Waals surface area (Å²) >= 11 is 0. The van der Waals surface area contributed by atoms with Crippen LogP contribution in [0.5, 0.6) is 0 Å². The van der Waals surface area contributed by atoms with Gasteiger partial charge in [0.25, 0.3) is 0 Å². The maximum atomic E-state index is 10.6. The van der Waals surface area contributed by atoms with Gasteiger partial charge in [-0.05, 0) is 23.6 Å². The van der Waals surface area contributed by atoms with Gasteiger partial charge >= 0.3 is 0 Å². The normalized spacial score (nSPS) is 17.9. The predicted octanol–water partition coefficient (Wildman–Crippen LogP) is 1.68. The highest BCUT2D eigenvalue weighted by atomic mass is 16.1. The van der Waals surface area contributed by atoms with Gasteiger partial charge in [-0.1, -0.05) is 19.9 Å². The van der Waals surface area contributed by atoms with Crippen molar-refractivity contribution in [1.82, 2.24) is 10.2 Å². The van der Waals surface area contributed by atoms with Crippen LogP contribution in [0.4, 0.5) is 0 Å². The molecular weight excluding hydrogens is 214 g/mol. The largest absolute Gasteiger partial charge is 0.376 e. The minimum Gasteiger partial charge on any atom is -0.376 e. The first kappa shape index (κ1) is 13.2. The van der Waals surface area contributed by atoms with Gasteiger partial charge in [0.2, 0.25) is 6.41 Å². The summed E-state index contributed by atoms with van der Waals surface area (Å²) < 4.78 is 0. The molecule has 0 aliphatic heterocycles. The molecule has 0 fully saturated rings. The Labute approximate surface area is 102 Å². The maximum Gasteiger partial charge on any atom is 0.211 e. The molecule has 0 radical (unpaired) electrons. The van der Waals surface area contributed by atoms with Gasteiger partial charge in [-0.25, -0.2) is 0 Å². The number of allylic oxidation sites excluding steroid dienone is 4. The average molecular weight is 233 g/mol. The van der Waals surface area contributed by atoms with Crippen LogP contribution >= 0.6 is 0 Å². The lowest BCUT2D eigenvalue weighted by atomic mass is 9.97. The number of hydrogen-bond acceptors (Lipinski definition) is 3. The molecule has 0 unspecified atom stereocenters. The Kier molecular flexibility index (Phi) is 4.26. The smallest absolute Gasteiger partial charge is 0.211 e. The summed E-state index contributed by atoms with van der Waals surface area (Å²) in [5, 5.41) is 10.6. The Balaban J connectivity index is 3.13. The van der Waals surface area contributed by atoms with E-state index in [0.717, 1.165) is 17.0 Å². The first-order chi connectivity index (χ1) is 7.95. The molecule has 0 spiro atoms. The number of nitrogens with one attached hydrogen (secondary N) is 2. The van der Waals surface area contributed by atoms with E-state index >= 15 is 0 Å². The number of nitrogens with zero attached hydrogens (tertiary/aromatic N) is 1. The van der Waals surface area contributed by atoms with Gasteiger partial charge < -0.3 is 15.6 Å². The molecule has 0 aromatic rings. The van der Waals surface area contributed by atoms with Crippen LogP contribution in [0.15, 0.2) is 35.2 Å². The lowest BCUT2D eigenvalue weighted by Gasteiger charge is -2.24. The van der Waals surface area contributed by atoms with Crippen molar-refractivity contribution in [2.24, 2.45) is 5.92 Å². The van der Waals surface area contributed by atoms with Crippen molar-refractivity contribution in [1.29, 1.82) is 5.41 Å². The van der Waals surface area contributed by atoms with E-state index in [1.54, 1.807) is 6.08 Å². The third-order valence-corrected chi connectivity index (χ3v) is 2.38. The van der Waals surface area contributed by atoms with Crippen LogP contribution in [0.25, 0.3) is 0 Å². The maximum absolute atomic E-state index is 10.6. The van der Waals surface area contributed by atoms with Crippen molar-refractivity contribution in [2.75, 3.05) is 14.1 Å². The summed E-state index contributed by atoms with van der Waals surface area (Å²) in [7, 11) is 3.77. The number of rotatable bonds is 4. The van der Waals surface area contributed by atoms with E-state index in [2.05, 4.69) is 19.2 Å². The Morgan fingerprint density at radius 3 is 2.47 bits per heavy atom. The van der Waals surface area contributed by atoms with E-state index in [9.17, 15) is 4.79 Å². The molecule has 0 aromatic carbocycles. The zero-order valence-electron chi connectivity index (χ0n) is 10.7. The van der Waals surface area contributed by atoms with Crippen LogP contribution in [0.1, 0.15) is 13.8 Å². The number of amides is 1. The zero-order chi connectivity index (χ0) is 13.0. The third kappa shape index (κ3) is 3.31. The van der Waals surface area contributed by atoms with Crippen LogP contribution in [0, 0.1) is 11.3 Å². The lowest BCUT2D eigenvalue weighted by Crippen LogP contribution is -2.25. The van der Waals surface area contributed by atoms with E-state index in [-0.39, 0.29) is 0 Å². The molecule has 0 atom stereocenters. The number of carbonyl (C=O) groups excluding carboxylic acids is 1. The van der Waals surface area contributed by atoms with Gasteiger partial charge in [0.1, 0.15) is 0 Å². The van der Waals surface area contributed by atoms with Gasteiger partial charge in [0.05, 0.1) is 17.1 Å². The highest BCUT2D eigenvalue weighted by Crippen LogP contribution is 2.21. The molecule has 0 heterocycles. The van der Waals surface area contributed by atoms with E-state index < -0.39 is 0 Å². The molecule has 17 heavy (non-hydrogen) atoms. The van der Waals surface area contributed by atoms with Crippen molar-refractivity contribution in [3.63, 3.8) is 0 Å². The topological polar surface area (TPSA) is 56.2 Å². The summed E-state index contributed by atoms with van der Waals surface area (Å²) in [6.07, 6.45) is 6.27. The lowest BCUT2D eigenvalue weighted by molar-refractivity contribution is -0.108. The highest BCUT2D eigenvalue weighted by molar-refractivity contribution is 6.10. The Hall–Kier alpha value is -1.84. The molecule has 1 aliphatic carbocycles. The first-order valence-corrected chi connectivity index (χ1v) is 5.57. The molecule has 1 amide bonds. The highest BCUT2D eigenvalue weighted by Gasteiger charge is 2.16. The molecule has 92 valence electrons. The van der Waals surface area contributed by atoms with Gasteiger partial charge in [0.15, 0.2) is 0 Å². The monoisotopic (exact) mass is 233 g/mol. The van der Waals surface area contributed by atoms with E-state index in [1.807, 2.05) is 31.1 Å². The molecule has 2 N–H and O–H groups in total. The van der Waals surface area contributed by atoms with Crippen LogP contribution in [0.3, 0.4) is 0 Å². The SMILES string of the molecule is CC(C)/C=C1/C=C(NC=O)C(N(C)C)=CC1=N. The van der Waals surface area contributed by atoms with Gasteiger partial charge in [0, 0.05) is 14.1 Å². The van der Waals surface area contributed by atoms with Crippen LogP contribution in [-0.4, -0.2) is 31.1 Å². The van der Waals surface area contributed by atoms with Gasteiger partial charge in [-0.2, -0.15) is 0 Å². The molecule has 0 saturated carbocycles. The zero-order valence-corrected chi connectivity index (χ0v) is 10.7. The van der Waals surface area contributed by atoms with Crippen molar-refractivity contribution in [2.45, 2.75) is 13.8 Å². The van der Waals surface area contributed by atoms with E-state index in [1.165, 1.54) is 0 Å². The van der Waals surface area contributed by atoms with Crippen LogP contribution in [0.2, 0.25) is 0 Å². The van der Waals surface area contributed by atoms with Crippen LogP contribution < -0.4 is 5.32 Å². The Morgan fingerprint density at radius 1 is 1.35 bits per heavy atom. The summed E-state index contributed by atoms with van der Waals surface area (Å²) in [5.41, 5.74) is 2.88. The fourth-order valence-electron chi connectivity index (χ4n) is 1.65. The second kappa shape index (κ2) is 5.48. The van der Waals surface area contributed by atoms with Crippen molar-refractivity contribution in [3.05, 3.63) is 35.2 Å². The number of likely N-dealkylation sites (N-methyl/N-ethyl adjacent to an activating group) is 1. The second-order valence-corrected chi connectivity index (χ2v) is 4.52. The van der Waals surface area contributed by atoms with Crippen LogP contribution in [-0.2, 0) is 4.79 Å². The molecule has 1 rings (SSSR count). The Morgan fingerprint density at radius 2 is 2.00 bits per heavy atom. The van der Waals surface area contributed by atoms with E-state index in [0.29, 0.717) is 18.0 Å². The van der Waals surface area contributed by atoms with Crippen molar-refractivity contribution < 1.29 is 4.79 Å². The van der Waals surface area contributed by atoms with Crippen molar-refractivity contribution in [3.8, 4) is 0 Å². The number of hydrogen-bond donors (Lipinski definition) is 2. The second-order valence-electron chi connectivity index (χ2n) is 4.52. The molecule has 4 nitrogen and oxygen atoms in total. The molecule has 0 saturated heterocycles. The van der Waals surface area contributed by atoms with Crippen molar-refractivity contribution >= 4 is 12.1 Å². The minimum absolute atomic E-state index is 0.369. The fraction of sp³-hybridized carbons (Fsp3) is 0.385. The molecule has 1 aliphatic rings. The summed E-state index contributed by atoms with van der Waals surface area (Å²) in [6, 6.07) is 0. The molecular formula is C13H19N3O. The van der Waals surface area contributed by atoms with E-state index in [4.69, 9.17) is 5.41 Å². The molecule has 0 aromatic heterocycles. The minimum atomic E-state index is 0.369. The fourth-order valence-corrected chi connectivity index (χ4v) is 1.65. The van der Waals surface area contributed by atoms with Gasteiger partial charge in [-0.3, -0.25) is 4.79 Å². The average Bonchev–Trinajstić information content (AvgIpc) is 2.21. The number of carbonyl (C=O) groups is 1. The first-order valence-electron chi connectivity index (χ1n) is 5.57. The third-order valence-electron chi connectivity index (χ3n) is 2.38. The Bertz CT molecular complexity index is 414.